The molecular weight excluding hydrogens is 544 g/mol. The maximum atomic E-state index is 12.7. The fourth-order valence-corrected chi connectivity index (χ4v) is 5.59. The highest BCUT2D eigenvalue weighted by Gasteiger charge is 2.20. The first-order valence-corrected chi connectivity index (χ1v) is 15.1. The van der Waals surface area contributed by atoms with Gasteiger partial charge in [-0.3, -0.25) is 4.79 Å². The number of nitrogens with zero attached hydrogens (tertiary/aromatic N) is 5. The molecule has 2 aliphatic heterocycles. The van der Waals surface area contributed by atoms with E-state index in [9.17, 15) is 9.59 Å². The second-order valence-corrected chi connectivity index (χ2v) is 10.8. The average molecular weight is 583 g/mol. The van der Waals surface area contributed by atoms with Gasteiger partial charge in [-0.2, -0.15) is 0 Å². The number of ether oxygens (including phenoxy) is 1. The van der Waals surface area contributed by atoms with Gasteiger partial charge < -0.3 is 35.1 Å². The molecule has 0 atom stereocenters. The van der Waals surface area contributed by atoms with Gasteiger partial charge in [-0.1, -0.05) is 0 Å². The monoisotopic (exact) mass is 582 g/mol. The second-order valence-electron chi connectivity index (χ2n) is 10.8. The van der Waals surface area contributed by atoms with Gasteiger partial charge >= 0.3 is 6.03 Å². The van der Waals surface area contributed by atoms with Crippen molar-refractivity contribution in [3.05, 3.63) is 66.4 Å². The van der Waals surface area contributed by atoms with Gasteiger partial charge in [0.15, 0.2) is 5.82 Å². The van der Waals surface area contributed by atoms with Crippen molar-refractivity contribution in [3.8, 4) is 11.4 Å². The summed E-state index contributed by atoms with van der Waals surface area (Å²) < 4.78 is 7.68. The lowest BCUT2D eigenvalue weighted by molar-refractivity contribution is 0.0949. The summed E-state index contributed by atoms with van der Waals surface area (Å²) in [5.74, 6) is 1.44. The van der Waals surface area contributed by atoms with E-state index < -0.39 is 0 Å². The molecule has 2 aliphatic rings. The van der Waals surface area contributed by atoms with Gasteiger partial charge in [-0.25, -0.2) is 14.8 Å². The number of aromatic nitrogens is 3. The minimum Gasteiger partial charge on any atom is -0.378 e. The number of fused-ring (bicyclic) bond motifs is 1. The quantitative estimate of drug-likeness (QED) is 0.267. The largest absolute Gasteiger partial charge is 0.378 e. The van der Waals surface area contributed by atoms with E-state index in [2.05, 4.69) is 49.5 Å². The molecule has 11 heteroatoms. The zero-order valence-electron chi connectivity index (χ0n) is 24.5. The Bertz CT molecular complexity index is 1560. The maximum Gasteiger partial charge on any atom is 0.323 e. The molecule has 6 rings (SSSR count). The van der Waals surface area contributed by atoms with Crippen LogP contribution in [0, 0.1) is 0 Å². The summed E-state index contributed by atoms with van der Waals surface area (Å²) in [5.41, 5.74) is 3.56. The highest BCUT2D eigenvalue weighted by atomic mass is 16.5. The number of amides is 3. The molecule has 43 heavy (non-hydrogen) atoms. The molecule has 0 aliphatic carbocycles. The number of likely N-dealkylation sites (tertiary alicyclic amines) is 1. The van der Waals surface area contributed by atoms with Crippen LogP contribution in [0.25, 0.3) is 22.4 Å². The van der Waals surface area contributed by atoms with Crippen LogP contribution in [0.15, 0.2) is 60.8 Å². The lowest BCUT2D eigenvalue weighted by atomic mass is 10.2. The van der Waals surface area contributed by atoms with Crippen LogP contribution in [0.2, 0.25) is 0 Å². The Morgan fingerprint density at radius 3 is 2.21 bits per heavy atom. The van der Waals surface area contributed by atoms with Crippen molar-refractivity contribution in [2.24, 2.45) is 0 Å². The lowest BCUT2D eigenvalue weighted by Gasteiger charge is -2.28. The summed E-state index contributed by atoms with van der Waals surface area (Å²) in [5, 5.41) is 9.70. The Hall–Kier alpha value is -4.48. The van der Waals surface area contributed by atoms with Gasteiger partial charge in [0.2, 0.25) is 0 Å². The third-order valence-corrected chi connectivity index (χ3v) is 7.97. The minimum atomic E-state index is -0.372. The van der Waals surface area contributed by atoms with Crippen LogP contribution in [0.3, 0.4) is 0 Å². The summed E-state index contributed by atoms with van der Waals surface area (Å²) >= 11 is 0. The molecule has 0 unspecified atom stereocenters. The molecule has 0 spiro atoms. The molecule has 0 saturated carbocycles. The average Bonchev–Trinajstić information content (AvgIpc) is 3.72. The summed E-state index contributed by atoms with van der Waals surface area (Å²) in [6, 6.07) is 16.1. The van der Waals surface area contributed by atoms with E-state index in [1.165, 1.54) is 12.8 Å². The molecule has 2 saturated heterocycles. The Morgan fingerprint density at radius 2 is 1.53 bits per heavy atom. The number of carbonyl (C=O) groups excluding carboxylic acids is 2. The van der Waals surface area contributed by atoms with Gasteiger partial charge in [0.05, 0.1) is 18.6 Å². The van der Waals surface area contributed by atoms with E-state index in [-0.39, 0.29) is 11.9 Å². The number of rotatable bonds is 9. The third-order valence-electron chi connectivity index (χ3n) is 7.97. The van der Waals surface area contributed by atoms with Crippen LogP contribution >= 0.6 is 0 Å². The highest BCUT2D eigenvalue weighted by Crippen LogP contribution is 2.29. The molecule has 0 bridgehead atoms. The van der Waals surface area contributed by atoms with Gasteiger partial charge in [-0.05, 0) is 87.5 Å². The number of hydrogen-bond acceptors (Lipinski definition) is 7. The van der Waals surface area contributed by atoms with E-state index in [1.807, 2.05) is 24.3 Å². The molecule has 224 valence electrons. The molecule has 2 aromatic heterocycles. The van der Waals surface area contributed by atoms with Gasteiger partial charge in [0.1, 0.15) is 11.5 Å². The molecule has 4 heterocycles. The number of aryl methyl sites for hydroxylation is 1. The van der Waals surface area contributed by atoms with Gasteiger partial charge in [-0.15, -0.1) is 0 Å². The van der Waals surface area contributed by atoms with Gasteiger partial charge in [0.25, 0.3) is 5.91 Å². The van der Waals surface area contributed by atoms with Crippen LogP contribution in [0.4, 0.5) is 22.0 Å². The topological polar surface area (TPSA) is 117 Å². The molecule has 3 N–H and O–H groups in total. The smallest absolute Gasteiger partial charge is 0.323 e. The minimum absolute atomic E-state index is 0.113. The first-order valence-electron chi connectivity index (χ1n) is 15.1. The van der Waals surface area contributed by atoms with Crippen LogP contribution in [-0.4, -0.2) is 83.9 Å². The predicted octanol–water partition coefficient (Wildman–Crippen LogP) is 4.42. The predicted molar refractivity (Wildman–Crippen MR) is 169 cm³/mol. The number of urea groups is 1. The fraction of sp³-hybridized carbons (Fsp3) is 0.375. The zero-order chi connectivity index (χ0) is 29.6. The Kier molecular flexibility index (Phi) is 8.80. The number of benzene rings is 2. The van der Waals surface area contributed by atoms with Crippen molar-refractivity contribution in [2.45, 2.75) is 26.3 Å². The summed E-state index contributed by atoms with van der Waals surface area (Å²) in [4.78, 5) is 39.6. The van der Waals surface area contributed by atoms with Crippen molar-refractivity contribution >= 4 is 40.2 Å². The molecule has 4 aromatic rings. The van der Waals surface area contributed by atoms with Crippen molar-refractivity contribution < 1.29 is 14.3 Å². The Balaban J connectivity index is 1.07. The third kappa shape index (κ3) is 6.79. The van der Waals surface area contributed by atoms with Crippen LogP contribution in [0.1, 0.15) is 30.1 Å². The molecular formula is C32H38N8O3. The Morgan fingerprint density at radius 1 is 0.860 bits per heavy atom. The van der Waals surface area contributed by atoms with E-state index in [0.717, 1.165) is 61.7 Å². The number of carbonyl (C=O) groups is 2. The van der Waals surface area contributed by atoms with Crippen LogP contribution in [0.5, 0.6) is 0 Å². The first kappa shape index (κ1) is 28.6. The first-order chi connectivity index (χ1) is 21.1. The maximum absolute atomic E-state index is 12.7. The lowest BCUT2D eigenvalue weighted by Crippen LogP contribution is -2.37. The SMILES string of the molecule is CCn1ccc2c(N3CCOCC3)nc(-c3ccc(NC(=O)Nc4ccc(C(=O)NCCN5CCCC5)cc4)cc3)nc21. The number of anilines is 3. The summed E-state index contributed by atoms with van der Waals surface area (Å²) in [6.45, 7) is 9.56. The van der Waals surface area contributed by atoms with E-state index in [1.54, 1.807) is 24.3 Å². The van der Waals surface area contributed by atoms with E-state index >= 15 is 0 Å². The second kappa shape index (κ2) is 13.2. The molecule has 2 fully saturated rings. The number of morpholine rings is 1. The Labute approximate surface area is 251 Å². The zero-order valence-corrected chi connectivity index (χ0v) is 24.5. The summed E-state index contributed by atoms with van der Waals surface area (Å²) in [6.07, 6.45) is 4.52. The highest BCUT2D eigenvalue weighted by molar-refractivity contribution is 6.00. The van der Waals surface area contributed by atoms with Crippen LogP contribution < -0.4 is 20.9 Å². The van der Waals surface area contributed by atoms with Crippen molar-refractivity contribution in [3.63, 3.8) is 0 Å². The molecule has 3 amide bonds. The van der Waals surface area contributed by atoms with Crippen molar-refractivity contribution in [1.29, 1.82) is 0 Å². The standard InChI is InChI=1S/C32H38N8O3/c1-2-39-17-13-27-29(39)36-28(37-30(27)40-19-21-43-22-20-40)23-5-9-25(10-6-23)34-32(42)35-26-11-7-24(8-12-26)31(41)33-14-18-38-15-3-4-16-38/h5-13,17H,2-4,14-16,18-22H2,1H3,(H,33,41)(H2,34,35,42). The van der Waals surface area contributed by atoms with Gasteiger partial charge in [0, 0.05) is 61.4 Å². The number of nitrogens with one attached hydrogen (secondary N) is 3. The van der Waals surface area contributed by atoms with Crippen molar-refractivity contribution in [2.75, 3.05) is 68.0 Å². The fourth-order valence-electron chi connectivity index (χ4n) is 5.59. The van der Waals surface area contributed by atoms with Crippen molar-refractivity contribution in [1.82, 2.24) is 24.8 Å². The molecule has 11 nitrogen and oxygen atoms in total. The molecule has 2 aromatic carbocycles. The number of hydrogen-bond donors (Lipinski definition) is 3. The van der Waals surface area contributed by atoms with E-state index in [0.29, 0.717) is 42.5 Å². The normalized spacial score (nSPS) is 15.5. The summed E-state index contributed by atoms with van der Waals surface area (Å²) in [7, 11) is 0. The molecule has 0 radical (unpaired) electrons. The van der Waals surface area contributed by atoms with E-state index in [4.69, 9.17) is 14.7 Å². The van der Waals surface area contributed by atoms with Crippen LogP contribution in [-0.2, 0) is 11.3 Å².